The number of hydrogen-bond donors (Lipinski definition) is 0. The third kappa shape index (κ3) is 3.11. The molecule has 0 bridgehead atoms. The number of methoxy groups -OCH3 is 1. The lowest BCUT2D eigenvalue weighted by atomic mass is 9.97. The average Bonchev–Trinajstić information content (AvgIpc) is 2.53. The third-order valence-electron chi connectivity index (χ3n) is 3.44. The second-order valence-corrected chi connectivity index (χ2v) is 4.79. The number of rotatable bonds is 4. The number of nitro groups is 1. The molecular weight excluding hydrogens is 289 g/mol. The number of ether oxygens (including phenoxy) is 1. The summed E-state index contributed by atoms with van der Waals surface area (Å²) in [7, 11) is 1.28. The molecule has 6 heteroatoms. The molecule has 0 aliphatic heterocycles. The Morgan fingerprint density at radius 1 is 1.23 bits per heavy atom. The summed E-state index contributed by atoms with van der Waals surface area (Å²) in [5.41, 5.74) is 1.30. The van der Waals surface area contributed by atoms with Gasteiger partial charge < -0.3 is 4.74 Å². The molecule has 5 nitrogen and oxygen atoms in total. The first-order chi connectivity index (χ1) is 10.4. The molecule has 0 saturated carbocycles. The van der Waals surface area contributed by atoms with Crippen LogP contribution in [0, 0.1) is 15.9 Å². The predicted octanol–water partition coefficient (Wildman–Crippen LogP) is 3.68. The molecule has 1 unspecified atom stereocenters. The highest BCUT2D eigenvalue weighted by Crippen LogP contribution is 2.28. The van der Waals surface area contributed by atoms with Crippen LogP contribution in [-0.2, 0) is 9.53 Å². The Bertz CT molecular complexity index is 713. The van der Waals surface area contributed by atoms with Gasteiger partial charge in [0.05, 0.1) is 18.0 Å². The van der Waals surface area contributed by atoms with E-state index in [4.69, 9.17) is 0 Å². The largest absolute Gasteiger partial charge is 0.469 e. The molecule has 0 N–H and O–H groups in total. The van der Waals surface area contributed by atoms with Crippen molar-refractivity contribution in [1.82, 2.24) is 0 Å². The number of benzene rings is 2. The van der Waals surface area contributed by atoms with Crippen molar-refractivity contribution in [3.05, 3.63) is 64.0 Å². The molecule has 2 rings (SSSR count). The van der Waals surface area contributed by atoms with Crippen molar-refractivity contribution in [2.45, 2.75) is 12.8 Å². The normalized spacial score (nSPS) is 11.8. The number of nitro benzene ring substituents is 1. The van der Waals surface area contributed by atoms with Gasteiger partial charge in [0.25, 0.3) is 5.69 Å². The van der Waals surface area contributed by atoms with Gasteiger partial charge in [-0.2, -0.15) is 0 Å². The maximum atomic E-state index is 14.2. The van der Waals surface area contributed by atoms with Crippen molar-refractivity contribution >= 4 is 11.7 Å². The Morgan fingerprint density at radius 3 is 2.36 bits per heavy atom. The van der Waals surface area contributed by atoms with E-state index in [9.17, 15) is 19.3 Å². The van der Waals surface area contributed by atoms with E-state index in [2.05, 4.69) is 4.74 Å². The molecule has 114 valence electrons. The topological polar surface area (TPSA) is 69.4 Å². The van der Waals surface area contributed by atoms with Gasteiger partial charge in [0, 0.05) is 17.7 Å². The lowest BCUT2D eigenvalue weighted by Crippen LogP contribution is -2.11. The van der Waals surface area contributed by atoms with Crippen LogP contribution in [0.1, 0.15) is 18.4 Å². The van der Waals surface area contributed by atoms with Gasteiger partial charge in [-0.3, -0.25) is 14.9 Å². The number of carbonyl (C=O) groups excluding carboxylic acids is 1. The molecule has 1 atom stereocenters. The van der Waals surface area contributed by atoms with E-state index in [0.717, 1.165) is 0 Å². The molecule has 0 radical (unpaired) electrons. The van der Waals surface area contributed by atoms with Gasteiger partial charge in [-0.25, -0.2) is 4.39 Å². The molecule has 2 aromatic rings. The first-order valence-corrected chi connectivity index (χ1v) is 6.56. The molecule has 0 aromatic heterocycles. The van der Waals surface area contributed by atoms with E-state index in [1.807, 2.05) is 0 Å². The molecule has 0 aliphatic carbocycles. The van der Waals surface area contributed by atoms with Crippen LogP contribution in [0.5, 0.6) is 0 Å². The van der Waals surface area contributed by atoms with Crippen LogP contribution in [0.4, 0.5) is 10.1 Å². The molecule has 22 heavy (non-hydrogen) atoms. The fourth-order valence-corrected chi connectivity index (χ4v) is 2.11. The van der Waals surface area contributed by atoms with Gasteiger partial charge in [0.15, 0.2) is 0 Å². The lowest BCUT2D eigenvalue weighted by molar-refractivity contribution is -0.384. The molecular formula is C16H14FNO4. The first-order valence-electron chi connectivity index (χ1n) is 6.56. The van der Waals surface area contributed by atoms with Crippen LogP contribution < -0.4 is 0 Å². The molecule has 0 spiro atoms. The number of hydrogen-bond acceptors (Lipinski definition) is 4. The monoisotopic (exact) mass is 303 g/mol. The van der Waals surface area contributed by atoms with Crippen molar-refractivity contribution in [1.29, 1.82) is 0 Å². The zero-order chi connectivity index (χ0) is 16.3. The zero-order valence-corrected chi connectivity index (χ0v) is 12.1. The van der Waals surface area contributed by atoms with Crippen molar-refractivity contribution in [2.24, 2.45) is 0 Å². The van der Waals surface area contributed by atoms with E-state index in [0.29, 0.717) is 16.7 Å². The SMILES string of the molecule is COC(=O)C(C)c1ccc(-c2ccc([N+](=O)[O-])cc2)c(F)c1. The molecule has 0 saturated heterocycles. The Morgan fingerprint density at radius 2 is 1.86 bits per heavy atom. The number of non-ortho nitro benzene ring substituents is 1. The fourth-order valence-electron chi connectivity index (χ4n) is 2.11. The minimum Gasteiger partial charge on any atom is -0.469 e. The van der Waals surface area contributed by atoms with E-state index >= 15 is 0 Å². The van der Waals surface area contributed by atoms with Crippen LogP contribution in [0.25, 0.3) is 11.1 Å². The molecule has 0 amide bonds. The van der Waals surface area contributed by atoms with Crippen molar-refractivity contribution in [2.75, 3.05) is 7.11 Å². The number of nitrogens with zero attached hydrogens (tertiary/aromatic N) is 1. The summed E-state index contributed by atoms with van der Waals surface area (Å²) >= 11 is 0. The van der Waals surface area contributed by atoms with E-state index in [1.54, 1.807) is 19.1 Å². The lowest BCUT2D eigenvalue weighted by Gasteiger charge is -2.11. The van der Waals surface area contributed by atoms with Crippen molar-refractivity contribution < 1.29 is 18.8 Å². The smallest absolute Gasteiger partial charge is 0.312 e. The molecule has 0 heterocycles. The van der Waals surface area contributed by atoms with E-state index < -0.39 is 22.6 Å². The Labute approximate surface area is 126 Å². The Kier molecular flexibility index (Phi) is 4.50. The zero-order valence-electron chi connectivity index (χ0n) is 12.1. The van der Waals surface area contributed by atoms with Crippen molar-refractivity contribution in [3.63, 3.8) is 0 Å². The maximum absolute atomic E-state index is 14.2. The molecule has 0 aliphatic rings. The highest BCUT2D eigenvalue weighted by atomic mass is 19.1. The third-order valence-corrected chi connectivity index (χ3v) is 3.44. The molecule has 2 aromatic carbocycles. The predicted molar refractivity (Wildman–Crippen MR) is 78.9 cm³/mol. The van der Waals surface area contributed by atoms with Crippen LogP contribution in [0.15, 0.2) is 42.5 Å². The summed E-state index contributed by atoms with van der Waals surface area (Å²) in [6, 6.07) is 10.1. The highest BCUT2D eigenvalue weighted by molar-refractivity contribution is 5.78. The summed E-state index contributed by atoms with van der Waals surface area (Å²) in [5, 5.41) is 10.6. The standard InChI is InChI=1S/C16H14FNO4/c1-10(16(19)22-2)12-5-8-14(15(17)9-12)11-3-6-13(7-4-11)18(20)21/h3-10H,1-2H3. The summed E-state index contributed by atoms with van der Waals surface area (Å²) in [5.74, 6) is -1.50. The first kappa shape index (κ1) is 15.6. The maximum Gasteiger partial charge on any atom is 0.312 e. The summed E-state index contributed by atoms with van der Waals surface area (Å²) in [6.07, 6.45) is 0. The van der Waals surface area contributed by atoms with E-state index in [-0.39, 0.29) is 5.69 Å². The minimum absolute atomic E-state index is 0.0555. The van der Waals surface area contributed by atoms with Crippen molar-refractivity contribution in [3.8, 4) is 11.1 Å². The van der Waals surface area contributed by atoms with Gasteiger partial charge in [0.2, 0.25) is 0 Å². The second-order valence-electron chi connectivity index (χ2n) is 4.79. The quantitative estimate of drug-likeness (QED) is 0.491. The van der Waals surface area contributed by atoms with E-state index in [1.165, 1.54) is 37.4 Å². The molecule has 0 fully saturated rings. The van der Waals surface area contributed by atoms with Gasteiger partial charge in [-0.1, -0.05) is 12.1 Å². The van der Waals surface area contributed by atoms with Crippen LogP contribution in [0.2, 0.25) is 0 Å². The average molecular weight is 303 g/mol. The second kappa shape index (κ2) is 6.34. The van der Waals surface area contributed by atoms with Crippen LogP contribution in [0.3, 0.4) is 0 Å². The Hall–Kier alpha value is -2.76. The minimum atomic E-state index is -0.564. The van der Waals surface area contributed by atoms with Gasteiger partial charge in [0.1, 0.15) is 5.82 Å². The van der Waals surface area contributed by atoms with Crippen LogP contribution >= 0.6 is 0 Å². The fraction of sp³-hybridized carbons (Fsp3) is 0.188. The van der Waals surface area contributed by atoms with Gasteiger partial charge in [-0.05, 0) is 36.2 Å². The number of esters is 1. The number of carbonyl (C=O) groups is 1. The van der Waals surface area contributed by atoms with Gasteiger partial charge >= 0.3 is 5.97 Å². The summed E-state index contributed by atoms with van der Waals surface area (Å²) in [6.45, 7) is 1.63. The van der Waals surface area contributed by atoms with Gasteiger partial charge in [-0.15, -0.1) is 0 Å². The summed E-state index contributed by atoms with van der Waals surface area (Å²) < 4.78 is 18.9. The summed E-state index contributed by atoms with van der Waals surface area (Å²) in [4.78, 5) is 21.6. The Balaban J connectivity index is 2.33. The number of halogens is 1. The van der Waals surface area contributed by atoms with Crippen LogP contribution in [-0.4, -0.2) is 18.0 Å². The highest BCUT2D eigenvalue weighted by Gasteiger charge is 2.17.